The summed E-state index contributed by atoms with van der Waals surface area (Å²) in [6.45, 7) is 3.40. The first-order valence-corrected chi connectivity index (χ1v) is 8.16. The van der Waals surface area contributed by atoms with Crippen molar-refractivity contribution < 1.29 is 0 Å². The molecule has 2 unspecified atom stereocenters. The second kappa shape index (κ2) is 9.15. The number of rotatable bonds is 5. The Kier molecular flexibility index (Phi) is 8.28. The lowest BCUT2D eigenvalue weighted by Gasteiger charge is -2.32. The van der Waals surface area contributed by atoms with Crippen LogP contribution in [0.1, 0.15) is 56.9 Å². The molecule has 1 aliphatic rings. The van der Waals surface area contributed by atoms with E-state index in [1.807, 2.05) is 6.07 Å². The average molecular weight is 337 g/mol. The monoisotopic (exact) mass is 335 g/mol. The van der Waals surface area contributed by atoms with Crippen molar-refractivity contribution in [3.8, 4) is 0 Å². The number of unbranched alkanes of at least 4 members (excludes halogenated alkanes) is 1. The first-order chi connectivity index (χ1) is 9.22. The van der Waals surface area contributed by atoms with E-state index in [0.717, 1.165) is 6.54 Å². The van der Waals surface area contributed by atoms with Crippen LogP contribution in [0.25, 0.3) is 0 Å². The Morgan fingerprint density at radius 1 is 1.25 bits per heavy atom. The zero-order chi connectivity index (χ0) is 13.7. The normalized spacial score (nSPS) is 20.2. The Bertz CT molecular complexity index is 403. The molecule has 1 aromatic carbocycles. The fraction of sp³-hybridized carbons (Fsp3) is 0.625. The number of benzene rings is 1. The molecule has 0 aliphatic carbocycles. The van der Waals surface area contributed by atoms with Gasteiger partial charge in [0.05, 0.1) is 10.0 Å². The van der Waals surface area contributed by atoms with Crippen molar-refractivity contribution in [2.45, 2.75) is 57.4 Å². The van der Waals surface area contributed by atoms with Crippen LogP contribution in [0.3, 0.4) is 0 Å². The molecule has 0 spiro atoms. The molecule has 0 saturated carbocycles. The number of nitrogens with one attached hydrogen (secondary N) is 1. The molecule has 4 heteroatoms. The van der Waals surface area contributed by atoms with Gasteiger partial charge in [-0.3, -0.25) is 0 Å². The highest BCUT2D eigenvalue weighted by atomic mass is 35.5. The van der Waals surface area contributed by atoms with Gasteiger partial charge in [0.15, 0.2) is 0 Å². The number of hydrogen-bond acceptors (Lipinski definition) is 1. The van der Waals surface area contributed by atoms with E-state index in [-0.39, 0.29) is 12.4 Å². The molecule has 0 aromatic heterocycles. The van der Waals surface area contributed by atoms with Crippen LogP contribution in [0.2, 0.25) is 10.0 Å². The molecule has 1 aromatic rings. The number of hydrogen-bond donors (Lipinski definition) is 1. The molecule has 0 bridgehead atoms. The zero-order valence-corrected chi connectivity index (χ0v) is 14.3. The molecule has 1 saturated heterocycles. The van der Waals surface area contributed by atoms with Crippen molar-refractivity contribution in [2.24, 2.45) is 0 Å². The first-order valence-electron chi connectivity index (χ1n) is 7.40. The summed E-state index contributed by atoms with van der Waals surface area (Å²) in [6.07, 6.45) is 7.65. The van der Waals surface area contributed by atoms with Crippen LogP contribution < -0.4 is 5.32 Å². The topological polar surface area (TPSA) is 12.0 Å². The number of halogens is 3. The summed E-state index contributed by atoms with van der Waals surface area (Å²) in [6, 6.07) is 6.73. The molecule has 0 radical (unpaired) electrons. The summed E-state index contributed by atoms with van der Waals surface area (Å²) < 4.78 is 0. The molecule has 114 valence electrons. The van der Waals surface area contributed by atoms with Gasteiger partial charge in [0.1, 0.15) is 0 Å². The van der Waals surface area contributed by atoms with E-state index < -0.39 is 0 Å². The maximum absolute atomic E-state index is 6.18. The summed E-state index contributed by atoms with van der Waals surface area (Å²) in [7, 11) is 0. The summed E-state index contributed by atoms with van der Waals surface area (Å²) in [5.41, 5.74) is 1.34. The molecule has 2 rings (SSSR count). The summed E-state index contributed by atoms with van der Waals surface area (Å²) in [4.78, 5) is 0. The molecule has 1 aliphatic heterocycles. The van der Waals surface area contributed by atoms with Crippen molar-refractivity contribution in [3.63, 3.8) is 0 Å². The SMILES string of the molecule is CCCCC(c1ccc(Cl)c(Cl)c1)C1CCCCN1.Cl. The van der Waals surface area contributed by atoms with Crippen molar-refractivity contribution in [1.29, 1.82) is 0 Å². The summed E-state index contributed by atoms with van der Waals surface area (Å²) in [5, 5.41) is 5.01. The fourth-order valence-electron chi connectivity index (χ4n) is 2.99. The van der Waals surface area contributed by atoms with Gasteiger partial charge < -0.3 is 5.32 Å². The standard InChI is InChI=1S/C16H23Cl2N.ClH/c1-2-3-6-13(16-7-4-5-10-19-16)12-8-9-14(17)15(18)11-12;/h8-9,11,13,16,19H,2-7,10H2,1H3;1H. The minimum atomic E-state index is 0. The third-order valence-electron chi connectivity index (χ3n) is 4.07. The predicted octanol–water partition coefficient (Wildman–Crippen LogP) is 5.83. The fourth-order valence-corrected chi connectivity index (χ4v) is 3.30. The highest BCUT2D eigenvalue weighted by Gasteiger charge is 2.24. The first kappa shape index (κ1) is 18.1. The van der Waals surface area contributed by atoms with Crippen LogP contribution >= 0.6 is 35.6 Å². The molecule has 20 heavy (non-hydrogen) atoms. The van der Waals surface area contributed by atoms with E-state index in [4.69, 9.17) is 23.2 Å². The van der Waals surface area contributed by atoms with Gasteiger partial charge in [0.25, 0.3) is 0 Å². The highest BCUT2D eigenvalue weighted by Crippen LogP contribution is 2.33. The maximum atomic E-state index is 6.18. The van der Waals surface area contributed by atoms with Crippen LogP contribution in [-0.4, -0.2) is 12.6 Å². The quantitative estimate of drug-likeness (QED) is 0.713. The Labute approximate surface area is 138 Å². The minimum absolute atomic E-state index is 0. The Balaban J connectivity index is 0.00000200. The minimum Gasteiger partial charge on any atom is -0.313 e. The van der Waals surface area contributed by atoms with Crippen LogP contribution in [0.5, 0.6) is 0 Å². The molecule has 1 heterocycles. The lowest BCUT2D eigenvalue weighted by molar-refractivity contribution is 0.334. The maximum Gasteiger partial charge on any atom is 0.0595 e. The van der Waals surface area contributed by atoms with Crippen molar-refractivity contribution in [1.82, 2.24) is 5.32 Å². The molecule has 1 nitrogen and oxygen atoms in total. The van der Waals surface area contributed by atoms with Gasteiger partial charge in [0, 0.05) is 6.04 Å². The molecule has 1 N–H and O–H groups in total. The van der Waals surface area contributed by atoms with Gasteiger partial charge in [-0.15, -0.1) is 12.4 Å². The largest absolute Gasteiger partial charge is 0.313 e. The van der Waals surface area contributed by atoms with E-state index in [1.165, 1.54) is 44.1 Å². The van der Waals surface area contributed by atoms with E-state index in [2.05, 4.69) is 24.4 Å². The Hall–Kier alpha value is 0.0500. The van der Waals surface area contributed by atoms with Gasteiger partial charge in [-0.1, -0.05) is 55.5 Å². The number of piperidine rings is 1. The lowest BCUT2D eigenvalue weighted by Crippen LogP contribution is -2.38. The van der Waals surface area contributed by atoms with E-state index in [0.29, 0.717) is 22.0 Å². The zero-order valence-electron chi connectivity index (χ0n) is 12.0. The lowest BCUT2D eigenvalue weighted by atomic mass is 9.83. The average Bonchev–Trinajstić information content (AvgIpc) is 2.44. The third kappa shape index (κ3) is 4.80. The van der Waals surface area contributed by atoms with Crippen molar-refractivity contribution >= 4 is 35.6 Å². The van der Waals surface area contributed by atoms with Gasteiger partial charge in [0.2, 0.25) is 0 Å². The molecular weight excluding hydrogens is 313 g/mol. The van der Waals surface area contributed by atoms with Gasteiger partial charge in [-0.2, -0.15) is 0 Å². The second-order valence-electron chi connectivity index (χ2n) is 5.48. The van der Waals surface area contributed by atoms with Crippen LogP contribution in [0.15, 0.2) is 18.2 Å². The van der Waals surface area contributed by atoms with Crippen LogP contribution in [-0.2, 0) is 0 Å². The summed E-state index contributed by atoms with van der Waals surface area (Å²) in [5.74, 6) is 0.565. The molecule has 0 amide bonds. The van der Waals surface area contributed by atoms with Crippen LogP contribution in [0.4, 0.5) is 0 Å². The summed E-state index contributed by atoms with van der Waals surface area (Å²) >= 11 is 12.2. The highest BCUT2D eigenvalue weighted by molar-refractivity contribution is 6.42. The van der Waals surface area contributed by atoms with E-state index >= 15 is 0 Å². The van der Waals surface area contributed by atoms with E-state index in [1.54, 1.807) is 0 Å². The van der Waals surface area contributed by atoms with E-state index in [9.17, 15) is 0 Å². The molecular formula is C16H24Cl3N. The molecule has 2 atom stereocenters. The van der Waals surface area contributed by atoms with Gasteiger partial charge >= 0.3 is 0 Å². The molecule has 1 fully saturated rings. The van der Waals surface area contributed by atoms with Crippen LogP contribution in [0, 0.1) is 0 Å². The van der Waals surface area contributed by atoms with Crippen molar-refractivity contribution in [3.05, 3.63) is 33.8 Å². The Morgan fingerprint density at radius 3 is 2.65 bits per heavy atom. The van der Waals surface area contributed by atoms with Crippen molar-refractivity contribution in [2.75, 3.05) is 6.54 Å². The smallest absolute Gasteiger partial charge is 0.0595 e. The second-order valence-corrected chi connectivity index (χ2v) is 6.29. The third-order valence-corrected chi connectivity index (χ3v) is 4.81. The predicted molar refractivity (Wildman–Crippen MR) is 91.6 cm³/mol. The van der Waals surface area contributed by atoms with Gasteiger partial charge in [-0.05, 0) is 49.4 Å². The Morgan fingerprint density at radius 2 is 2.05 bits per heavy atom. The van der Waals surface area contributed by atoms with Gasteiger partial charge in [-0.25, -0.2) is 0 Å².